The van der Waals surface area contributed by atoms with Gasteiger partial charge in [0.25, 0.3) is 10.0 Å². The van der Waals surface area contributed by atoms with Crippen molar-refractivity contribution >= 4 is 27.8 Å². The number of hydrogen-bond donors (Lipinski definition) is 2. The van der Waals surface area contributed by atoms with Gasteiger partial charge in [-0.25, -0.2) is 17.9 Å². The van der Waals surface area contributed by atoms with Gasteiger partial charge in [-0.05, 0) is 12.1 Å². The minimum Gasteiger partial charge on any atom is -0.475 e. The lowest BCUT2D eigenvalue weighted by molar-refractivity contribution is 0.0656. The molecule has 1 rings (SSSR count). The zero-order valence-corrected chi connectivity index (χ0v) is 11.1. The van der Waals surface area contributed by atoms with Crippen LogP contribution in [0.15, 0.2) is 34.3 Å². The van der Waals surface area contributed by atoms with Crippen LogP contribution >= 0.6 is 11.8 Å². The highest BCUT2D eigenvalue weighted by Gasteiger charge is 2.20. The molecular weight excluding hydrogens is 278 g/mol. The summed E-state index contributed by atoms with van der Waals surface area (Å²) in [5.74, 6) is -0.377. The average molecular weight is 291 g/mol. The molecule has 100 valence electrons. The molecule has 0 radical (unpaired) electrons. The number of hydrogen-bond acceptors (Lipinski definition) is 5. The molecule has 8 heteroatoms. The molecule has 0 saturated carbocycles. The van der Waals surface area contributed by atoms with Crippen LogP contribution in [0, 0.1) is 0 Å². The molecule has 1 aromatic heterocycles. The molecule has 0 amide bonds. The maximum Gasteiger partial charge on any atom is 0.371 e. The largest absolute Gasteiger partial charge is 0.475 e. The number of carboxylic acids is 1. The van der Waals surface area contributed by atoms with Gasteiger partial charge in [-0.15, -0.1) is 6.58 Å². The van der Waals surface area contributed by atoms with Crippen molar-refractivity contribution in [1.82, 2.24) is 4.72 Å². The number of furan rings is 1. The standard InChI is InChI=1S/C10H13NO5S2/c1-2-6-17-7-5-11-18(14,15)9-4-3-8(16-9)10(12)13/h2-4,11H,1,5-7H2,(H,12,13). The zero-order valence-electron chi connectivity index (χ0n) is 9.46. The number of carboxylic acid groups (broad SMARTS) is 1. The molecule has 0 aliphatic carbocycles. The van der Waals surface area contributed by atoms with E-state index in [0.29, 0.717) is 5.75 Å². The van der Waals surface area contributed by atoms with Gasteiger partial charge in [0.05, 0.1) is 0 Å². The van der Waals surface area contributed by atoms with Crippen LogP contribution in [0.25, 0.3) is 0 Å². The summed E-state index contributed by atoms with van der Waals surface area (Å²) in [5.41, 5.74) is 0. The van der Waals surface area contributed by atoms with Crippen LogP contribution in [-0.4, -0.2) is 37.5 Å². The first-order chi connectivity index (χ1) is 8.47. The van der Waals surface area contributed by atoms with E-state index in [1.165, 1.54) is 11.8 Å². The smallest absolute Gasteiger partial charge is 0.371 e. The fourth-order valence-corrected chi connectivity index (χ4v) is 2.73. The van der Waals surface area contributed by atoms with Gasteiger partial charge in [0, 0.05) is 18.1 Å². The molecule has 18 heavy (non-hydrogen) atoms. The normalized spacial score (nSPS) is 11.3. The lowest BCUT2D eigenvalue weighted by Gasteiger charge is -2.03. The SMILES string of the molecule is C=CCSCCNS(=O)(=O)c1ccc(C(=O)O)o1. The molecule has 1 heterocycles. The van der Waals surface area contributed by atoms with Gasteiger partial charge in [0.2, 0.25) is 10.9 Å². The Kier molecular flexibility index (Phi) is 5.45. The second-order valence-corrected chi connectivity index (χ2v) is 6.03. The summed E-state index contributed by atoms with van der Waals surface area (Å²) in [6.45, 7) is 3.78. The lowest BCUT2D eigenvalue weighted by Crippen LogP contribution is -2.25. The molecule has 0 spiro atoms. The van der Waals surface area contributed by atoms with E-state index in [0.717, 1.165) is 17.9 Å². The van der Waals surface area contributed by atoms with Crippen LogP contribution in [0.4, 0.5) is 0 Å². The van der Waals surface area contributed by atoms with Crippen molar-refractivity contribution in [1.29, 1.82) is 0 Å². The van der Waals surface area contributed by atoms with Crippen LogP contribution in [-0.2, 0) is 10.0 Å². The summed E-state index contributed by atoms with van der Waals surface area (Å²) in [6, 6.07) is 2.21. The van der Waals surface area contributed by atoms with E-state index < -0.39 is 26.8 Å². The molecular formula is C10H13NO5S2. The summed E-state index contributed by atoms with van der Waals surface area (Å²) in [5, 5.41) is 8.22. The number of nitrogens with one attached hydrogen (secondary N) is 1. The van der Waals surface area contributed by atoms with E-state index in [1.54, 1.807) is 6.08 Å². The van der Waals surface area contributed by atoms with E-state index in [9.17, 15) is 13.2 Å². The number of carbonyl (C=O) groups is 1. The summed E-state index contributed by atoms with van der Waals surface area (Å²) >= 11 is 1.53. The first-order valence-corrected chi connectivity index (χ1v) is 7.62. The third-order valence-corrected chi connectivity index (χ3v) is 4.13. The Balaban J connectivity index is 2.57. The summed E-state index contributed by atoms with van der Waals surface area (Å²) in [7, 11) is -3.78. The molecule has 0 saturated heterocycles. The summed E-state index contributed by atoms with van der Waals surface area (Å²) in [6.07, 6.45) is 1.73. The van der Waals surface area contributed by atoms with Gasteiger partial charge in [0.15, 0.2) is 0 Å². The Morgan fingerprint density at radius 1 is 1.56 bits per heavy atom. The fraction of sp³-hybridized carbons (Fsp3) is 0.300. The van der Waals surface area contributed by atoms with Crippen LogP contribution in [0.2, 0.25) is 0 Å². The van der Waals surface area contributed by atoms with Gasteiger partial charge in [-0.3, -0.25) is 0 Å². The number of aromatic carboxylic acids is 1. The van der Waals surface area contributed by atoms with Gasteiger partial charge in [-0.1, -0.05) is 6.08 Å². The Morgan fingerprint density at radius 3 is 2.83 bits per heavy atom. The van der Waals surface area contributed by atoms with Crippen molar-refractivity contribution in [2.45, 2.75) is 5.09 Å². The Labute approximate surface area is 109 Å². The maximum atomic E-state index is 11.7. The Morgan fingerprint density at radius 2 is 2.28 bits per heavy atom. The van der Waals surface area contributed by atoms with Gasteiger partial charge in [0.1, 0.15) is 0 Å². The van der Waals surface area contributed by atoms with Crippen LogP contribution in [0.5, 0.6) is 0 Å². The van der Waals surface area contributed by atoms with Crippen molar-refractivity contribution in [3.05, 3.63) is 30.5 Å². The predicted octanol–water partition coefficient (Wildman–Crippen LogP) is 1.18. The molecule has 0 fully saturated rings. The Bertz CT molecular complexity index is 520. The minimum absolute atomic E-state index is 0.240. The molecule has 0 atom stereocenters. The molecule has 0 aliphatic rings. The van der Waals surface area contributed by atoms with E-state index in [4.69, 9.17) is 9.52 Å². The van der Waals surface area contributed by atoms with Crippen LogP contribution in [0.1, 0.15) is 10.6 Å². The summed E-state index contributed by atoms with van der Waals surface area (Å²) in [4.78, 5) is 10.6. The monoisotopic (exact) mass is 291 g/mol. The fourth-order valence-electron chi connectivity index (χ4n) is 1.07. The highest BCUT2D eigenvalue weighted by atomic mass is 32.2. The zero-order chi connectivity index (χ0) is 13.6. The summed E-state index contributed by atoms with van der Waals surface area (Å²) < 4.78 is 30.4. The van der Waals surface area contributed by atoms with Gasteiger partial charge >= 0.3 is 5.97 Å². The Hall–Kier alpha value is -1.25. The van der Waals surface area contributed by atoms with Crippen molar-refractivity contribution in [2.24, 2.45) is 0 Å². The first-order valence-electron chi connectivity index (χ1n) is 4.99. The van der Waals surface area contributed by atoms with Crippen molar-refractivity contribution in [2.75, 3.05) is 18.1 Å². The van der Waals surface area contributed by atoms with Crippen molar-refractivity contribution in [3.8, 4) is 0 Å². The van der Waals surface area contributed by atoms with Crippen molar-refractivity contribution in [3.63, 3.8) is 0 Å². The van der Waals surface area contributed by atoms with E-state index in [2.05, 4.69) is 11.3 Å². The van der Waals surface area contributed by atoms with Crippen LogP contribution < -0.4 is 4.72 Å². The third-order valence-electron chi connectivity index (χ3n) is 1.83. The molecule has 0 aliphatic heterocycles. The van der Waals surface area contributed by atoms with E-state index in [1.807, 2.05) is 0 Å². The van der Waals surface area contributed by atoms with Gasteiger partial charge in [-0.2, -0.15) is 11.8 Å². The minimum atomic E-state index is -3.78. The number of sulfonamides is 1. The predicted molar refractivity (Wildman–Crippen MR) is 68.4 cm³/mol. The molecule has 6 nitrogen and oxygen atoms in total. The quantitative estimate of drug-likeness (QED) is 0.551. The van der Waals surface area contributed by atoms with Crippen molar-refractivity contribution < 1.29 is 22.7 Å². The second kappa shape index (κ2) is 6.62. The lowest BCUT2D eigenvalue weighted by atomic mass is 10.5. The van der Waals surface area contributed by atoms with E-state index in [-0.39, 0.29) is 6.54 Å². The van der Waals surface area contributed by atoms with E-state index >= 15 is 0 Å². The van der Waals surface area contributed by atoms with Gasteiger partial charge < -0.3 is 9.52 Å². The average Bonchev–Trinajstić information content (AvgIpc) is 2.78. The molecule has 0 unspecified atom stereocenters. The highest BCUT2D eigenvalue weighted by Crippen LogP contribution is 2.13. The van der Waals surface area contributed by atoms with Crippen LogP contribution in [0.3, 0.4) is 0 Å². The number of rotatable bonds is 8. The molecule has 1 aromatic rings. The second-order valence-electron chi connectivity index (χ2n) is 3.19. The topological polar surface area (TPSA) is 96.6 Å². The molecule has 2 N–H and O–H groups in total. The third kappa shape index (κ3) is 4.21. The number of thioether (sulfide) groups is 1. The maximum absolute atomic E-state index is 11.7. The molecule has 0 bridgehead atoms. The highest BCUT2D eigenvalue weighted by molar-refractivity contribution is 7.99. The molecule has 0 aromatic carbocycles. The first kappa shape index (κ1) is 14.8.